The summed E-state index contributed by atoms with van der Waals surface area (Å²) in [6.07, 6.45) is -3.93. The molecule has 0 bridgehead atoms. The Morgan fingerprint density at radius 1 is 1.03 bits per heavy atom. The number of hydrogen-bond donors (Lipinski definition) is 5. The average molecular weight is 545 g/mol. The molecule has 36 heavy (non-hydrogen) atoms. The Labute approximate surface area is 201 Å². The van der Waals surface area contributed by atoms with Crippen LogP contribution in [0.25, 0.3) is 10.8 Å². The summed E-state index contributed by atoms with van der Waals surface area (Å²) in [6.45, 7) is -1.14. The number of pyridine rings is 1. The van der Waals surface area contributed by atoms with E-state index >= 15 is 0 Å². The lowest BCUT2D eigenvalue weighted by Gasteiger charge is -2.19. The molecule has 5 atom stereocenters. The number of nitrogens with zero attached hydrogens (tertiary/aromatic N) is 3. The van der Waals surface area contributed by atoms with Gasteiger partial charge in [0.25, 0.3) is 5.56 Å². The molecule has 0 spiro atoms. The van der Waals surface area contributed by atoms with Crippen molar-refractivity contribution in [2.24, 2.45) is 0 Å². The summed E-state index contributed by atoms with van der Waals surface area (Å²) in [5.41, 5.74) is -1.12. The highest BCUT2D eigenvalue weighted by molar-refractivity contribution is 7.60. The standard InChI is InChI=1S/C19H21N3O12P2/c23-15-6-8-21(19(26)22(15)9-13-12-4-2-1-3-11(12)5-7-20-13)18-17(25)16(24)14(33-18)10-32-36(30,31)34-35(27,28)29/h1-8,14,16-18,24-25H,9-10H2,(H,30,31)(H2,27,28,29)/t14-,16-,17-,18-/m1/s1. The first-order chi connectivity index (χ1) is 16.9. The molecule has 5 N–H and O–H groups in total. The molecule has 1 aliphatic heterocycles. The summed E-state index contributed by atoms with van der Waals surface area (Å²) < 4.78 is 37.6. The monoisotopic (exact) mass is 545 g/mol. The lowest BCUT2D eigenvalue weighted by atomic mass is 10.1. The fourth-order valence-corrected chi connectivity index (χ4v) is 5.35. The summed E-state index contributed by atoms with van der Waals surface area (Å²) in [5.74, 6) is 0. The predicted octanol–water partition coefficient (Wildman–Crippen LogP) is -0.548. The molecule has 0 saturated carbocycles. The van der Waals surface area contributed by atoms with Crippen molar-refractivity contribution in [3.8, 4) is 0 Å². The molecule has 4 rings (SSSR count). The Morgan fingerprint density at radius 2 is 1.75 bits per heavy atom. The summed E-state index contributed by atoms with van der Waals surface area (Å²) >= 11 is 0. The average Bonchev–Trinajstić information content (AvgIpc) is 3.07. The van der Waals surface area contributed by atoms with E-state index in [4.69, 9.17) is 14.5 Å². The highest BCUT2D eigenvalue weighted by Crippen LogP contribution is 2.57. The zero-order chi connectivity index (χ0) is 26.3. The molecule has 2 aromatic heterocycles. The fourth-order valence-electron chi connectivity index (χ4n) is 3.75. The van der Waals surface area contributed by atoms with Crippen LogP contribution in [0.2, 0.25) is 0 Å². The maximum atomic E-state index is 13.2. The van der Waals surface area contributed by atoms with Crippen molar-refractivity contribution in [2.75, 3.05) is 6.61 Å². The molecular formula is C19H21N3O12P2. The molecule has 3 heterocycles. The second-order valence-electron chi connectivity index (χ2n) is 7.79. The highest BCUT2D eigenvalue weighted by Gasteiger charge is 2.46. The normalized spacial score (nSPS) is 24.1. The van der Waals surface area contributed by atoms with E-state index < -0.39 is 58.0 Å². The van der Waals surface area contributed by atoms with E-state index in [0.717, 1.165) is 32.2 Å². The van der Waals surface area contributed by atoms with Gasteiger partial charge in [0, 0.05) is 23.8 Å². The third kappa shape index (κ3) is 5.71. The molecule has 0 aliphatic carbocycles. The van der Waals surface area contributed by atoms with Crippen LogP contribution in [0.5, 0.6) is 0 Å². The van der Waals surface area contributed by atoms with Gasteiger partial charge in [-0.25, -0.2) is 13.9 Å². The van der Waals surface area contributed by atoms with Crippen molar-refractivity contribution < 1.29 is 47.6 Å². The van der Waals surface area contributed by atoms with Crippen molar-refractivity contribution in [3.63, 3.8) is 0 Å². The quantitative estimate of drug-likeness (QED) is 0.225. The number of rotatable bonds is 8. The number of phosphoric acid groups is 2. The van der Waals surface area contributed by atoms with Crippen molar-refractivity contribution in [3.05, 3.63) is 75.3 Å². The van der Waals surface area contributed by atoms with E-state index in [1.54, 1.807) is 18.2 Å². The largest absolute Gasteiger partial charge is 0.481 e. The van der Waals surface area contributed by atoms with E-state index in [2.05, 4.69) is 13.8 Å². The zero-order valence-electron chi connectivity index (χ0n) is 18.2. The van der Waals surface area contributed by atoms with Gasteiger partial charge in [0.1, 0.15) is 18.3 Å². The summed E-state index contributed by atoms with van der Waals surface area (Å²) in [4.78, 5) is 56.6. The van der Waals surface area contributed by atoms with Gasteiger partial charge in [-0.1, -0.05) is 24.3 Å². The van der Waals surface area contributed by atoms with Crippen molar-refractivity contribution in [2.45, 2.75) is 31.1 Å². The minimum Gasteiger partial charge on any atom is -0.387 e. The molecule has 194 valence electrons. The summed E-state index contributed by atoms with van der Waals surface area (Å²) in [7, 11) is -10.6. The van der Waals surface area contributed by atoms with Crippen LogP contribution in [0.4, 0.5) is 0 Å². The van der Waals surface area contributed by atoms with Crippen LogP contribution in [-0.4, -0.2) is 63.9 Å². The lowest BCUT2D eigenvalue weighted by molar-refractivity contribution is -0.0547. The molecular weight excluding hydrogens is 524 g/mol. The Hall–Kier alpha value is -2.55. The first-order valence-electron chi connectivity index (χ1n) is 10.3. The highest BCUT2D eigenvalue weighted by atomic mass is 31.3. The van der Waals surface area contributed by atoms with Crippen molar-refractivity contribution in [1.82, 2.24) is 14.1 Å². The number of fused-ring (bicyclic) bond motifs is 1. The van der Waals surface area contributed by atoms with Crippen LogP contribution >= 0.6 is 15.6 Å². The van der Waals surface area contributed by atoms with Gasteiger partial charge in [-0.15, -0.1) is 0 Å². The number of benzene rings is 1. The van der Waals surface area contributed by atoms with Gasteiger partial charge in [0.15, 0.2) is 6.23 Å². The smallest absolute Gasteiger partial charge is 0.387 e. The molecule has 1 saturated heterocycles. The fraction of sp³-hybridized carbons (Fsp3) is 0.316. The molecule has 0 amide bonds. The molecule has 0 radical (unpaired) electrons. The number of phosphoric ester groups is 1. The third-order valence-electron chi connectivity index (χ3n) is 5.38. The van der Waals surface area contributed by atoms with Crippen LogP contribution in [0.15, 0.2) is 58.4 Å². The first kappa shape index (κ1) is 26.5. The minimum atomic E-state index is -5.37. The second kappa shape index (κ2) is 10.1. The molecule has 1 aliphatic rings. The van der Waals surface area contributed by atoms with E-state index in [9.17, 15) is 33.8 Å². The van der Waals surface area contributed by atoms with Gasteiger partial charge in [-0.2, -0.15) is 4.31 Å². The van der Waals surface area contributed by atoms with Gasteiger partial charge in [-0.05, 0) is 11.5 Å². The van der Waals surface area contributed by atoms with E-state index in [-0.39, 0.29) is 6.54 Å². The zero-order valence-corrected chi connectivity index (χ0v) is 20.0. The van der Waals surface area contributed by atoms with Gasteiger partial charge < -0.3 is 29.6 Å². The van der Waals surface area contributed by atoms with Crippen LogP contribution in [0, 0.1) is 0 Å². The molecule has 17 heteroatoms. The molecule has 1 aromatic carbocycles. The number of aliphatic hydroxyl groups excluding tert-OH is 2. The molecule has 3 aromatic rings. The first-order valence-corrected chi connectivity index (χ1v) is 13.3. The van der Waals surface area contributed by atoms with Crippen molar-refractivity contribution in [1.29, 1.82) is 0 Å². The Kier molecular flexibility index (Phi) is 7.42. The molecule has 1 unspecified atom stereocenters. The second-order valence-corrected chi connectivity index (χ2v) is 10.6. The topological polar surface area (TPSA) is 220 Å². The van der Waals surface area contributed by atoms with Crippen molar-refractivity contribution >= 4 is 26.4 Å². The number of aromatic nitrogens is 3. The summed E-state index contributed by atoms with van der Waals surface area (Å²) in [6, 6.07) is 10.1. The van der Waals surface area contributed by atoms with E-state index in [0.29, 0.717) is 5.69 Å². The van der Waals surface area contributed by atoms with Gasteiger partial charge >= 0.3 is 21.3 Å². The Morgan fingerprint density at radius 3 is 2.47 bits per heavy atom. The van der Waals surface area contributed by atoms with Gasteiger partial charge in [0.05, 0.1) is 18.8 Å². The van der Waals surface area contributed by atoms with Gasteiger partial charge in [-0.3, -0.25) is 23.4 Å². The molecule has 1 fully saturated rings. The van der Waals surface area contributed by atoms with Crippen LogP contribution in [-0.2, 0) is 29.2 Å². The van der Waals surface area contributed by atoms with E-state index in [1.165, 1.54) is 6.20 Å². The molecule has 15 nitrogen and oxygen atoms in total. The third-order valence-corrected chi connectivity index (χ3v) is 7.53. The summed E-state index contributed by atoms with van der Waals surface area (Å²) in [5, 5.41) is 22.3. The minimum absolute atomic E-state index is 0.203. The number of ether oxygens (including phenoxy) is 1. The van der Waals surface area contributed by atoms with E-state index in [1.807, 2.05) is 12.1 Å². The lowest BCUT2D eigenvalue weighted by Crippen LogP contribution is -2.43. The SMILES string of the molecule is O=c1ccn([C@@H]2O[C@H](COP(=O)(O)OP(=O)(O)O)[C@@H](O)[C@H]2O)c(=O)n1Cc1nccc2ccccc12. The number of aliphatic hydroxyl groups is 2. The predicted molar refractivity (Wildman–Crippen MR) is 121 cm³/mol. The Balaban J connectivity index is 1.58. The number of hydrogen-bond acceptors (Lipinski definition) is 10. The van der Waals surface area contributed by atoms with Gasteiger partial charge in [0.2, 0.25) is 0 Å². The maximum absolute atomic E-state index is 13.2. The van der Waals surface area contributed by atoms with Crippen LogP contribution in [0.3, 0.4) is 0 Å². The van der Waals surface area contributed by atoms with Crippen LogP contribution < -0.4 is 11.2 Å². The maximum Gasteiger partial charge on any atom is 0.481 e. The van der Waals surface area contributed by atoms with Crippen LogP contribution in [0.1, 0.15) is 11.9 Å². The Bertz CT molecular complexity index is 1480.